The van der Waals surface area contributed by atoms with Crippen molar-refractivity contribution in [2.75, 3.05) is 5.32 Å². The molecule has 0 amide bonds. The monoisotopic (exact) mass is 610 g/mol. The predicted molar refractivity (Wildman–Crippen MR) is 153 cm³/mol. The topological polar surface area (TPSA) is 121 Å². The fourth-order valence-electron chi connectivity index (χ4n) is 7.34. The van der Waals surface area contributed by atoms with Crippen molar-refractivity contribution in [3.8, 4) is 11.3 Å². The minimum absolute atomic E-state index is 0.167. The highest BCUT2D eigenvalue weighted by molar-refractivity contribution is 7.89. The number of halogens is 2. The van der Waals surface area contributed by atoms with Gasteiger partial charge in [0.25, 0.3) is 0 Å². The van der Waals surface area contributed by atoms with E-state index in [1.807, 2.05) is 34.9 Å². The molecule has 43 heavy (non-hydrogen) atoms. The Morgan fingerprint density at radius 2 is 1.79 bits per heavy atom. The second-order valence-corrected chi connectivity index (χ2v) is 13.6. The van der Waals surface area contributed by atoms with E-state index in [1.165, 1.54) is 6.07 Å². The molecular weight excluding hydrogens is 578 g/mol. The van der Waals surface area contributed by atoms with Crippen molar-refractivity contribution < 1.29 is 31.9 Å². The van der Waals surface area contributed by atoms with Crippen LogP contribution in [0.25, 0.3) is 11.3 Å². The molecule has 3 aliphatic heterocycles. The second kappa shape index (κ2) is 10.3. The maximum absolute atomic E-state index is 14.4. The van der Waals surface area contributed by atoms with Crippen molar-refractivity contribution in [1.82, 2.24) is 14.0 Å². The van der Waals surface area contributed by atoms with Crippen LogP contribution >= 0.6 is 0 Å². The molecule has 0 spiro atoms. The number of nitrogens with zero attached hydrogens (tertiary/aromatic N) is 3. The first kappa shape index (κ1) is 28.2. The minimum atomic E-state index is -4.01. The summed E-state index contributed by atoms with van der Waals surface area (Å²) in [7, 11) is -4.01. The highest BCUT2D eigenvalue weighted by Crippen LogP contribution is 2.49. The molecule has 0 radical (unpaired) electrons. The smallest absolute Gasteiger partial charge is 0.245 e. The molecule has 9 nitrogen and oxygen atoms in total. The summed E-state index contributed by atoms with van der Waals surface area (Å²) in [5.41, 5.74) is 1.50. The van der Waals surface area contributed by atoms with E-state index in [1.54, 1.807) is 17.3 Å². The summed E-state index contributed by atoms with van der Waals surface area (Å²) in [5.74, 6) is -1.52. The average molecular weight is 611 g/mol. The zero-order chi connectivity index (χ0) is 30.1. The Morgan fingerprint density at radius 1 is 1.07 bits per heavy atom. The van der Waals surface area contributed by atoms with Gasteiger partial charge < -0.3 is 24.6 Å². The number of nitrogens with one attached hydrogen (secondary N) is 1. The van der Waals surface area contributed by atoms with Gasteiger partial charge >= 0.3 is 0 Å². The van der Waals surface area contributed by atoms with Gasteiger partial charge in [-0.25, -0.2) is 17.2 Å². The number of aliphatic hydroxyl groups is 2. The molecule has 226 valence electrons. The fourth-order valence-corrected chi connectivity index (χ4v) is 9.70. The molecule has 2 saturated heterocycles. The number of aromatic nitrogens is 2. The van der Waals surface area contributed by atoms with E-state index >= 15 is 0 Å². The van der Waals surface area contributed by atoms with Crippen LogP contribution in [-0.4, -0.2) is 44.7 Å². The third-order valence-corrected chi connectivity index (χ3v) is 11.4. The van der Waals surface area contributed by atoms with E-state index in [0.717, 1.165) is 17.7 Å². The lowest BCUT2D eigenvalue weighted by molar-refractivity contribution is -0.0393. The highest BCUT2D eigenvalue weighted by atomic mass is 32.2. The Morgan fingerprint density at radius 3 is 2.49 bits per heavy atom. The minimum Gasteiger partial charge on any atom is -0.383 e. The van der Waals surface area contributed by atoms with E-state index in [0.29, 0.717) is 60.6 Å². The van der Waals surface area contributed by atoms with Crippen LogP contribution < -0.4 is 5.32 Å². The number of hydrogen-bond acceptors (Lipinski definition) is 7. The first-order valence-corrected chi connectivity index (χ1v) is 15.9. The van der Waals surface area contributed by atoms with Crippen molar-refractivity contribution >= 4 is 15.7 Å². The summed E-state index contributed by atoms with van der Waals surface area (Å²) in [5, 5.41) is 29.9. The standard InChI is InChI=1S/C31H32F2N4O5S/c1-18-28(30(38)34-20-9-12-23(32)24(33)14-20)36-13-5-8-25(36)29(18)43(40,41)37-21-10-11-22(37)17-31(39,16-21)27-15-26(42-35-27)19-6-3-2-4-7-19/h2-4,6-7,9,12,14-15,21-22,30,34,38-39H,5,8,10-11,13,16-17H2,1H3. The van der Waals surface area contributed by atoms with Crippen molar-refractivity contribution in [2.24, 2.45) is 0 Å². The summed E-state index contributed by atoms with van der Waals surface area (Å²) in [6.07, 6.45) is 1.49. The molecule has 0 saturated carbocycles. The Balaban J connectivity index is 1.18. The lowest BCUT2D eigenvalue weighted by Crippen LogP contribution is -2.52. The quantitative estimate of drug-likeness (QED) is 0.253. The van der Waals surface area contributed by atoms with Gasteiger partial charge in [0.15, 0.2) is 23.6 Å². The normalized spacial score (nSPS) is 24.3. The summed E-state index contributed by atoms with van der Waals surface area (Å²) < 4.78 is 65.1. The number of sulfonamides is 1. The number of piperidine rings is 1. The first-order valence-electron chi connectivity index (χ1n) is 14.5. The maximum atomic E-state index is 14.4. The van der Waals surface area contributed by atoms with E-state index in [9.17, 15) is 27.4 Å². The summed E-state index contributed by atoms with van der Waals surface area (Å²) in [4.78, 5) is 0.182. The molecule has 5 heterocycles. The van der Waals surface area contributed by atoms with Gasteiger partial charge in [-0.3, -0.25) is 0 Å². The van der Waals surface area contributed by atoms with Gasteiger partial charge in [-0.1, -0.05) is 35.5 Å². The van der Waals surface area contributed by atoms with Gasteiger partial charge in [0.05, 0.1) is 5.69 Å². The molecular formula is C31H32F2N4O5S. The molecule has 2 fully saturated rings. The third-order valence-electron chi connectivity index (χ3n) is 9.16. The van der Waals surface area contributed by atoms with Crippen molar-refractivity contribution in [2.45, 2.75) is 80.8 Å². The predicted octanol–water partition coefficient (Wildman–Crippen LogP) is 4.98. The fraction of sp³-hybridized carbons (Fsp3) is 0.387. The number of hydrogen-bond donors (Lipinski definition) is 3. The van der Waals surface area contributed by atoms with Gasteiger partial charge in [0.2, 0.25) is 10.0 Å². The highest BCUT2D eigenvalue weighted by Gasteiger charge is 2.55. The van der Waals surface area contributed by atoms with Crippen molar-refractivity contribution in [3.05, 3.63) is 88.9 Å². The van der Waals surface area contributed by atoms with Crippen LogP contribution in [0.15, 0.2) is 64.0 Å². The molecule has 7 rings (SSSR count). The third kappa shape index (κ3) is 4.59. The lowest BCUT2D eigenvalue weighted by Gasteiger charge is -2.42. The van der Waals surface area contributed by atoms with Crippen LogP contribution in [0.5, 0.6) is 0 Å². The SMILES string of the molecule is Cc1c(S(=O)(=O)N2C3CCC2CC(O)(c2cc(-c4ccccc4)on2)C3)c2n(c1C(O)Nc1ccc(F)c(F)c1)CCC2. The second-order valence-electron chi connectivity index (χ2n) is 11.8. The van der Waals surface area contributed by atoms with E-state index in [-0.39, 0.29) is 23.4 Å². The maximum Gasteiger partial charge on any atom is 0.245 e. The van der Waals surface area contributed by atoms with Crippen LogP contribution in [0.2, 0.25) is 0 Å². The van der Waals surface area contributed by atoms with Crippen LogP contribution in [0, 0.1) is 18.6 Å². The molecule has 3 unspecified atom stereocenters. The number of anilines is 1. The number of aliphatic hydroxyl groups excluding tert-OH is 1. The van der Waals surface area contributed by atoms with E-state index < -0.39 is 45.6 Å². The van der Waals surface area contributed by atoms with E-state index in [2.05, 4.69) is 10.5 Å². The van der Waals surface area contributed by atoms with Crippen molar-refractivity contribution in [1.29, 1.82) is 0 Å². The Kier molecular flexibility index (Phi) is 6.73. The van der Waals surface area contributed by atoms with E-state index in [4.69, 9.17) is 4.52 Å². The molecule has 3 aliphatic rings. The van der Waals surface area contributed by atoms with Gasteiger partial charge in [-0.15, -0.1) is 0 Å². The zero-order valence-corrected chi connectivity index (χ0v) is 24.3. The molecule has 12 heteroatoms. The molecule has 3 atom stereocenters. The van der Waals surface area contributed by atoms with Crippen molar-refractivity contribution in [3.63, 3.8) is 0 Å². The van der Waals surface area contributed by atoms with Gasteiger partial charge in [-0.2, -0.15) is 4.31 Å². The van der Waals surface area contributed by atoms with Crippen LogP contribution in [0.4, 0.5) is 14.5 Å². The lowest BCUT2D eigenvalue weighted by atomic mass is 9.84. The zero-order valence-electron chi connectivity index (χ0n) is 23.5. The first-order chi connectivity index (χ1) is 20.6. The van der Waals surface area contributed by atoms with Gasteiger partial charge in [0, 0.05) is 47.7 Å². The molecule has 0 aliphatic carbocycles. The van der Waals surface area contributed by atoms with Crippen LogP contribution in [0.1, 0.15) is 61.0 Å². The summed E-state index contributed by atoms with van der Waals surface area (Å²) in [6, 6.07) is 13.6. The largest absolute Gasteiger partial charge is 0.383 e. The Hall–Kier alpha value is -3.58. The molecule has 2 aromatic heterocycles. The Labute approximate surface area is 247 Å². The summed E-state index contributed by atoms with van der Waals surface area (Å²) >= 11 is 0. The molecule has 2 bridgehead atoms. The Bertz CT molecular complexity index is 1790. The number of rotatable bonds is 7. The number of benzene rings is 2. The van der Waals surface area contributed by atoms with Crippen LogP contribution in [0.3, 0.4) is 0 Å². The average Bonchev–Trinajstić information content (AvgIpc) is 3.75. The summed E-state index contributed by atoms with van der Waals surface area (Å²) in [6.45, 7) is 2.20. The van der Waals surface area contributed by atoms with Gasteiger partial charge in [0.1, 0.15) is 16.2 Å². The van der Waals surface area contributed by atoms with Gasteiger partial charge in [-0.05, 0) is 63.1 Å². The molecule has 3 N–H and O–H groups in total. The van der Waals surface area contributed by atoms with Crippen LogP contribution in [-0.2, 0) is 28.6 Å². The number of fused-ring (bicyclic) bond motifs is 3. The molecule has 2 aromatic carbocycles. The molecule has 4 aromatic rings.